The van der Waals surface area contributed by atoms with Crippen LogP contribution < -0.4 is 14.8 Å². The molecular weight excluding hydrogens is 362 g/mol. The average Bonchev–Trinajstić information content (AvgIpc) is 2.77. The number of carbonyl (C=O) groups is 1. The average molecular weight is 387 g/mol. The van der Waals surface area contributed by atoms with E-state index in [2.05, 4.69) is 17.4 Å². The van der Waals surface area contributed by atoms with Crippen molar-refractivity contribution in [2.75, 3.05) is 13.6 Å². The van der Waals surface area contributed by atoms with E-state index in [0.29, 0.717) is 6.42 Å². The highest BCUT2D eigenvalue weighted by atomic mass is 16.5. The number of ether oxygens (including phenoxy) is 2. The molecular formula is C25H25NO3. The number of ketones is 1. The Kier molecular flexibility index (Phi) is 5.92. The Bertz CT molecular complexity index is 956. The molecule has 3 aromatic carbocycles. The molecule has 0 spiro atoms. The van der Waals surface area contributed by atoms with Gasteiger partial charge in [0.2, 0.25) is 0 Å². The number of benzene rings is 3. The molecule has 29 heavy (non-hydrogen) atoms. The fourth-order valence-corrected chi connectivity index (χ4v) is 3.62. The SMILES string of the molecule is CNCCC(Oc1ccc2c(c1)OC(c1ccccc1)C(=O)C2)c1ccccc1. The largest absolute Gasteiger partial charge is 0.486 e. The van der Waals surface area contributed by atoms with Crippen molar-refractivity contribution in [1.29, 1.82) is 0 Å². The van der Waals surface area contributed by atoms with Crippen molar-refractivity contribution in [3.05, 3.63) is 95.6 Å². The van der Waals surface area contributed by atoms with Crippen LogP contribution in [0.15, 0.2) is 78.9 Å². The zero-order valence-electron chi connectivity index (χ0n) is 16.5. The molecule has 2 atom stereocenters. The van der Waals surface area contributed by atoms with Crippen LogP contribution in [-0.4, -0.2) is 19.4 Å². The predicted octanol–water partition coefficient (Wildman–Crippen LogP) is 4.66. The van der Waals surface area contributed by atoms with Crippen molar-refractivity contribution in [3.63, 3.8) is 0 Å². The molecule has 0 aliphatic carbocycles. The standard InChI is InChI=1S/C25H25NO3/c1-26-15-14-23(18-8-4-2-5-9-18)28-21-13-12-20-16-22(27)25(29-24(20)17-21)19-10-6-3-7-11-19/h2-13,17,23,25-26H,14-16H2,1H3. The third-order valence-corrected chi connectivity index (χ3v) is 5.15. The van der Waals surface area contributed by atoms with E-state index in [1.165, 1.54) is 0 Å². The van der Waals surface area contributed by atoms with Crippen LogP contribution in [0, 0.1) is 0 Å². The number of nitrogens with one attached hydrogen (secondary N) is 1. The highest BCUT2D eigenvalue weighted by molar-refractivity contribution is 5.88. The lowest BCUT2D eigenvalue weighted by Crippen LogP contribution is -2.25. The highest BCUT2D eigenvalue weighted by Crippen LogP contribution is 2.36. The normalized spacial score (nSPS) is 16.6. The van der Waals surface area contributed by atoms with Gasteiger partial charge in [0.1, 0.15) is 17.6 Å². The van der Waals surface area contributed by atoms with Gasteiger partial charge >= 0.3 is 0 Å². The number of carbonyl (C=O) groups excluding carboxylic acids is 1. The summed E-state index contributed by atoms with van der Waals surface area (Å²) in [5.41, 5.74) is 2.92. The fraction of sp³-hybridized carbons (Fsp3) is 0.240. The topological polar surface area (TPSA) is 47.6 Å². The summed E-state index contributed by atoms with van der Waals surface area (Å²) >= 11 is 0. The van der Waals surface area contributed by atoms with Gasteiger partial charge in [0.15, 0.2) is 11.9 Å². The van der Waals surface area contributed by atoms with E-state index >= 15 is 0 Å². The molecule has 0 amide bonds. The van der Waals surface area contributed by atoms with E-state index in [9.17, 15) is 4.79 Å². The summed E-state index contributed by atoms with van der Waals surface area (Å²) in [5.74, 6) is 1.54. The van der Waals surface area contributed by atoms with Crippen LogP contribution in [0.5, 0.6) is 11.5 Å². The molecule has 1 aliphatic heterocycles. The Balaban J connectivity index is 1.56. The quantitative estimate of drug-likeness (QED) is 0.640. The Hall–Kier alpha value is -3.11. The fourth-order valence-electron chi connectivity index (χ4n) is 3.62. The van der Waals surface area contributed by atoms with Crippen LogP contribution in [0.25, 0.3) is 0 Å². The Morgan fingerprint density at radius 2 is 1.76 bits per heavy atom. The van der Waals surface area contributed by atoms with Gasteiger partial charge in [-0.3, -0.25) is 4.79 Å². The summed E-state index contributed by atoms with van der Waals surface area (Å²) in [4.78, 5) is 12.6. The second-order valence-corrected chi connectivity index (χ2v) is 7.23. The van der Waals surface area contributed by atoms with E-state index in [1.807, 2.05) is 73.8 Å². The van der Waals surface area contributed by atoms with E-state index in [0.717, 1.165) is 41.2 Å². The minimum Gasteiger partial charge on any atom is -0.486 e. The monoisotopic (exact) mass is 387 g/mol. The van der Waals surface area contributed by atoms with Gasteiger partial charge < -0.3 is 14.8 Å². The van der Waals surface area contributed by atoms with Gasteiger partial charge in [-0.15, -0.1) is 0 Å². The van der Waals surface area contributed by atoms with Crippen molar-refractivity contribution in [2.45, 2.75) is 25.0 Å². The maximum atomic E-state index is 12.6. The molecule has 0 radical (unpaired) electrons. The summed E-state index contributed by atoms with van der Waals surface area (Å²) in [6.45, 7) is 0.853. The van der Waals surface area contributed by atoms with Gasteiger partial charge in [0.25, 0.3) is 0 Å². The number of rotatable bonds is 7. The van der Waals surface area contributed by atoms with Crippen LogP contribution >= 0.6 is 0 Å². The van der Waals surface area contributed by atoms with Gasteiger partial charge in [-0.05, 0) is 30.8 Å². The lowest BCUT2D eigenvalue weighted by atomic mass is 9.96. The Morgan fingerprint density at radius 3 is 2.48 bits per heavy atom. The Morgan fingerprint density at radius 1 is 1.03 bits per heavy atom. The van der Waals surface area contributed by atoms with Crippen molar-refractivity contribution in [1.82, 2.24) is 5.32 Å². The van der Waals surface area contributed by atoms with E-state index in [-0.39, 0.29) is 11.9 Å². The third kappa shape index (κ3) is 4.49. The van der Waals surface area contributed by atoms with Gasteiger partial charge in [0, 0.05) is 24.5 Å². The predicted molar refractivity (Wildman–Crippen MR) is 113 cm³/mol. The lowest BCUT2D eigenvalue weighted by molar-refractivity contribution is -0.126. The molecule has 4 nitrogen and oxygen atoms in total. The third-order valence-electron chi connectivity index (χ3n) is 5.15. The molecule has 1 N–H and O–H groups in total. The molecule has 0 saturated carbocycles. The molecule has 3 aromatic rings. The van der Waals surface area contributed by atoms with Crippen LogP contribution in [0.4, 0.5) is 0 Å². The van der Waals surface area contributed by atoms with Crippen LogP contribution in [0.2, 0.25) is 0 Å². The summed E-state index contributed by atoms with van der Waals surface area (Å²) in [6, 6.07) is 25.6. The minimum absolute atomic E-state index is 0.0585. The Labute approximate surface area is 171 Å². The molecule has 4 heteroatoms. The first kappa shape index (κ1) is 19.2. The van der Waals surface area contributed by atoms with E-state index < -0.39 is 6.10 Å². The second-order valence-electron chi connectivity index (χ2n) is 7.23. The molecule has 148 valence electrons. The van der Waals surface area contributed by atoms with Crippen LogP contribution in [0.3, 0.4) is 0 Å². The number of hydrogen-bond donors (Lipinski definition) is 1. The molecule has 4 rings (SSSR count). The van der Waals surface area contributed by atoms with Crippen molar-refractivity contribution in [3.8, 4) is 11.5 Å². The minimum atomic E-state index is -0.562. The zero-order chi connectivity index (χ0) is 20.1. The summed E-state index contributed by atoms with van der Waals surface area (Å²) < 4.78 is 12.4. The first-order chi connectivity index (χ1) is 14.2. The van der Waals surface area contributed by atoms with E-state index in [1.54, 1.807) is 0 Å². The maximum Gasteiger partial charge on any atom is 0.182 e. The molecule has 1 aliphatic rings. The van der Waals surface area contributed by atoms with Gasteiger partial charge in [-0.1, -0.05) is 66.7 Å². The van der Waals surface area contributed by atoms with Crippen molar-refractivity contribution < 1.29 is 14.3 Å². The van der Waals surface area contributed by atoms with Crippen LogP contribution in [-0.2, 0) is 11.2 Å². The number of fused-ring (bicyclic) bond motifs is 1. The molecule has 0 bridgehead atoms. The number of Topliss-reactive ketones (excluding diaryl/α,β-unsaturated/α-hetero) is 1. The smallest absolute Gasteiger partial charge is 0.182 e. The van der Waals surface area contributed by atoms with E-state index in [4.69, 9.17) is 9.47 Å². The van der Waals surface area contributed by atoms with Crippen LogP contribution in [0.1, 0.15) is 35.3 Å². The van der Waals surface area contributed by atoms with Crippen molar-refractivity contribution >= 4 is 5.78 Å². The molecule has 0 aromatic heterocycles. The second kappa shape index (κ2) is 8.93. The van der Waals surface area contributed by atoms with Gasteiger partial charge in [-0.25, -0.2) is 0 Å². The molecule has 2 unspecified atom stereocenters. The first-order valence-electron chi connectivity index (χ1n) is 9.98. The van der Waals surface area contributed by atoms with Gasteiger partial charge in [-0.2, -0.15) is 0 Å². The maximum absolute atomic E-state index is 12.6. The summed E-state index contributed by atoms with van der Waals surface area (Å²) in [7, 11) is 1.94. The summed E-state index contributed by atoms with van der Waals surface area (Å²) in [5, 5.41) is 3.19. The molecule has 1 heterocycles. The molecule has 0 fully saturated rings. The molecule has 0 saturated heterocycles. The lowest BCUT2D eigenvalue weighted by Gasteiger charge is -2.26. The summed E-state index contributed by atoms with van der Waals surface area (Å²) in [6.07, 6.45) is 0.602. The van der Waals surface area contributed by atoms with Gasteiger partial charge in [0.05, 0.1) is 0 Å². The number of hydrogen-bond acceptors (Lipinski definition) is 4. The first-order valence-corrected chi connectivity index (χ1v) is 9.98. The zero-order valence-corrected chi connectivity index (χ0v) is 16.5. The van der Waals surface area contributed by atoms with Crippen molar-refractivity contribution in [2.24, 2.45) is 0 Å². The highest BCUT2D eigenvalue weighted by Gasteiger charge is 2.29.